The van der Waals surface area contributed by atoms with Crippen LogP contribution in [0.25, 0.3) is 10.2 Å². The number of aromatic nitrogens is 2. The molecule has 0 aliphatic rings. The Labute approximate surface area is 100 Å². The molecule has 0 aliphatic carbocycles. The maximum absolute atomic E-state index is 5.88. The Hall–Kier alpha value is -0.190. The molecule has 76 valence electrons. The molecular formula is C9H10BrClN2S. The largest absolute Gasteiger partial charge is 0.234 e. The molecule has 14 heavy (non-hydrogen) atoms. The number of fused-ring (bicyclic) bond motifs is 1. The Balaban J connectivity index is 0.000000461. The van der Waals surface area contributed by atoms with Crippen molar-refractivity contribution in [3.63, 3.8) is 0 Å². The van der Waals surface area contributed by atoms with Gasteiger partial charge in [-0.25, -0.2) is 9.97 Å². The highest BCUT2D eigenvalue weighted by Gasteiger charge is 2.10. The molecule has 0 bridgehead atoms. The summed E-state index contributed by atoms with van der Waals surface area (Å²) in [4.78, 5) is 9.21. The maximum atomic E-state index is 5.88. The highest BCUT2D eigenvalue weighted by atomic mass is 79.9. The van der Waals surface area contributed by atoms with Crippen molar-refractivity contribution in [3.05, 3.63) is 20.8 Å². The summed E-state index contributed by atoms with van der Waals surface area (Å²) in [7, 11) is 0. The normalized spacial score (nSPS) is 9.79. The standard InChI is InChI=1S/C7H4BrClN2S.C2H6/c1-3-4(8)5-6(12-3)7(9)11-2-10-5;1-2/h2H,1H3;1-2H3. The van der Waals surface area contributed by atoms with Gasteiger partial charge in [0, 0.05) is 4.88 Å². The zero-order chi connectivity index (χ0) is 10.7. The van der Waals surface area contributed by atoms with Crippen LogP contribution < -0.4 is 0 Å². The molecule has 0 atom stereocenters. The fourth-order valence-corrected chi connectivity index (χ4v) is 2.77. The van der Waals surface area contributed by atoms with Crippen molar-refractivity contribution in [2.45, 2.75) is 20.8 Å². The highest BCUT2D eigenvalue weighted by molar-refractivity contribution is 9.10. The molecule has 2 aromatic rings. The minimum Gasteiger partial charge on any atom is -0.234 e. The molecule has 0 saturated heterocycles. The van der Waals surface area contributed by atoms with Gasteiger partial charge in [-0.1, -0.05) is 25.4 Å². The van der Waals surface area contributed by atoms with E-state index in [0.29, 0.717) is 5.15 Å². The van der Waals surface area contributed by atoms with E-state index >= 15 is 0 Å². The predicted octanol–water partition coefficient (Wildman–Crippen LogP) is 4.44. The van der Waals surface area contributed by atoms with Crippen LogP contribution in [0.15, 0.2) is 10.8 Å². The molecule has 0 fully saturated rings. The zero-order valence-corrected chi connectivity index (χ0v) is 11.3. The predicted molar refractivity (Wildman–Crippen MR) is 66.2 cm³/mol. The van der Waals surface area contributed by atoms with E-state index in [0.717, 1.165) is 14.7 Å². The van der Waals surface area contributed by atoms with Crippen LogP contribution in [-0.4, -0.2) is 9.97 Å². The number of thiophene rings is 1. The minimum atomic E-state index is 0.527. The van der Waals surface area contributed by atoms with E-state index in [2.05, 4.69) is 25.9 Å². The van der Waals surface area contributed by atoms with Gasteiger partial charge in [-0.2, -0.15) is 0 Å². The molecule has 5 heteroatoms. The SMILES string of the molecule is CC.Cc1sc2c(Cl)ncnc2c1Br. The van der Waals surface area contributed by atoms with E-state index in [1.54, 1.807) is 11.3 Å². The third-order valence-electron chi connectivity index (χ3n) is 1.53. The van der Waals surface area contributed by atoms with E-state index in [-0.39, 0.29) is 0 Å². The van der Waals surface area contributed by atoms with Crippen LogP contribution in [0.3, 0.4) is 0 Å². The first kappa shape index (κ1) is 11.9. The zero-order valence-electron chi connectivity index (χ0n) is 8.14. The van der Waals surface area contributed by atoms with Crippen LogP contribution in [0.5, 0.6) is 0 Å². The van der Waals surface area contributed by atoms with E-state index < -0.39 is 0 Å². The molecule has 2 heterocycles. The fourth-order valence-electron chi connectivity index (χ4n) is 0.964. The molecule has 0 spiro atoms. The lowest BCUT2D eigenvalue weighted by atomic mass is 10.4. The van der Waals surface area contributed by atoms with E-state index in [1.165, 1.54) is 11.2 Å². The third-order valence-corrected chi connectivity index (χ3v) is 4.27. The van der Waals surface area contributed by atoms with E-state index in [1.807, 2.05) is 20.8 Å². The molecule has 0 aromatic carbocycles. The van der Waals surface area contributed by atoms with Crippen molar-refractivity contribution in [2.75, 3.05) is 0 Å². The van der Waals surface area contributed by atoms with E-state index in [4.69, 9.17) is 11.6 Å². The summed E-state index contributed by atoms with van der Waals surface area (Å²) in [6, 6.07) is 0. The Morgan fingerprint density at radius 2 is 2.00 bits per heavy atom. The molecule has 0 radical (unpaired) electrons. The molecule has 2 aromatic heterocycles. The van der Waals surface area contributed by atoms with E-state index in [9.17, 15) is 0 Å². The second-order valence-electron chi connectivity index (χ2n) is 2.31. The second-order valence-corrected chi connectivity index (χ2v) is 4.69. The summed E-state index contributed by atoms with van der Waals surface area (Å²) >= 11 is 10.9. The smallest absolute Gasteiger partial charge is 0.150 e. The third kappa shape index (κ3) is 2.07. The molecule has 0 unspecified atom stereocenters. The maximum Gasteiger partial charge on any atom is 0.150 e. The van der Waals surface area contributed by atoms with Crippen LogP contribution >= 0.6 is 38.9 Å². The van der Waals surface area contributed by atoms with Gasteiger partial charge in [-0.3, -0.25) is 0 Å². The van der Waals surface area contributed by atoms with Gasteiger partial charge in [0.1, 0.15) is 17.0 Å². The van der Waals surface area contributed by atoms with Crippen molar-refractivity contribution in [1.29, 1.82) is 0 Å². The van der Waals surface area contributed by atoms with Gasteiger partial charge < -0.3 is 0 Å². The van der Waals surface area contributed by atoms with Crippen LogP contribution in [-0.2, 0) is 0 Å². The van der Waals surface area contributed by atoms with Gasteiger partial charge in [0.25, 0.3) is 0 Å². The lowest BCUT2D eigenvalue weighted by molar-refractivity contribution is 1.23. The monoisotopic (exact) mass is 292 g/mol. The van der Waals surface area contributed by atoms with Gasteiger partial charge in [-0.15, -0.1) is 11.3 Å². The van der Waals surface area contributed by atoms with Crippen LogP contribution in [0.2, 0.25) is 5.15 Å². The molecule has 0 amide bonds. The Morgan fingerprint density at radius 1 is 1.36 bits per heavy atom. The molecular weight excluding hydrogens is 284 g/mol. The first-order valence-electron chi connectivity index (χ1n) is 4.25. The number of hydrogen-bond donors (Lipinski definition) is 0. The summed E-state index contributed by atoms with van der Waals surface area (Å²) < 4.78 is 1.97. The lowest BCUT2D eigenvalue weighted by Crippen LogP contribution is -1.78. The van der Waals surface area contributed by atoms with Crippen LogP contribution in [0.1, 0.15) is 18.7 Å². The topological polar surface area (TPSA) is 25.8 Å². The molecule has 0 N–H and O–H groups in total. The number of aryl methyl sites for hydroxylation is 1. The van der Waals surface area contributed by atoms with Gasteiger partial charge in [0.15, 0.2) is 0 Å². The number of hydrogen-bond acceptors (Lipinski definition) is 3. The summed E-state index contributed by atoms with van der Waals surface area (Å²) in [5, 5.41) is 0.527. The fraction of sp³-hybridized carbons (Fsp3) is 0.333. The Bertz CT molecular complexity index is 442. The summed E-state index contributed by atoms with van der Waals surface area (Å²) in [5.41, 5.74) is 0.900. The summed E-state index contributed by atoms with van der Waals surface area (Å²) in [6.45, 7) is 6.02. The highest BCUT2D eigenvalue weighted by Crippen LogP contribution is 2.36. The van der Waals surface area contributed by atoms with Crippen LogP contribution in [0.4, 0.5) is 0 Å². The minimum absolute atomic E-state index is 0.527. The Morgan fingerprint density at radius 3 is 2.57 bits per heavy atom. The Kier molecular flexibility index (Phi) is 4.29. The summed E-state index contributed by atoms with van der Waals surface area (Å²) in [5.74, 6) is 0. The first-order chi connectivity index (χ1) is 6.70. The first-order valence-corrected chi connectivity index (χ1v) is 6.24. The molecule has 0 saturated carbocycles. The molecule has 0 aliphatic heterocycles. The molecule has 2 nitrogen and oxygen atoms in total. The quantitative estimate of drug-likeness (QED) is 0.671. The lowest BCUT2D eigenvalue weighted by Gasteiger charge is -1.89. The van der Waals surface area contributed by atoms with Crippen molar-refractivity contribution in [1.82, 2.24) is 9.97 Å². The number of halogens is 2. The summed E-state index contributed by atoms with van der Waals surface area (Å²) in [6.07, 6.45) is 1.47. The van der Waals surface area contributed by atoms with Gasteiger partial charge in [-0.05, 0) is 22.9 Å². The van der Waals surface area contributed by atoms with Crippen LogP contribution in [0, 0.1) is 6.92 Å². The number of nitrogens with zero attached hydrogens (tertiary/aromatic N) is 2. The average molecular weight is 294 g/mol. The second kappa shape index (κ2) is 5.05. The number of rotatable bonds is 0. The van der Waals surface area contributed by atoms with Gasteiger partial charge in [0.2, 0.25) is 0 Å². The van der Waals surface area contributed by atoms with Gasteiger partial charge in [0.05, 0.1) is 9.17 Å². The van der Waals surface area contributed by atoms with Crippen molar-refractivity contribution < 1.29 is 0 Å². The average Bonchev–Trinajstić information content (AvgIpc) is 2.50. The van der Waals surface area contributed by atoms with Crippen molar-refractivity contribution in [3.8, 4) is 0 Å². The van der Waals surface area contributed by atoms with Gasteiger partial charge >= 0.3 is 0 Å². The van der Waals surface area contributed by atoms with Crippen molar-refractivity contribution >= 4 is 49.1 Å². The van der Waals surface area contributed by atoms with Crippen molar-refractivity contribution in [2.24, 2.45) is 0 Å². The molecule has 2 rings (SSSR count).